The Labute approximate surface area is 187 Å². The monoisotopic (exact) mass is 445 g/mol. The SMILES string of the molecule is C=Cc1ccc(C2(O)COC2)cc1.CN1CC2CC(c3ccc(C(F)(F)F)cc3)CC2C1. The first kappa shape index (κ1) is 23.0. The molecule has 3 nitrogen and oxygen atoms in total. The van der Waals surface area contributed by atoms with Gasteiger partial charge in [0, 0.05) is 13.1 Å². The van der Waals surface area contributed by atoms with Gasteiger partial charge in [0.25, 0.3) is 0 Å². The standard InChI is InChI=1S/C15H18F3N.C11H12O2/c1-19-8-12-6-11(7-13(12)9-19)10-2-4-14(5-3-10)15(16,17)18;1-2-9-3-5-10(6-4-9)11(12)7-13-8-11/h2-5,11-13H,6-9H2,1H3;2-6,12H,1,7-8H2. The summed E-state index contributed by atoms with van der Waals surface area (Å²) in [5, 5.41) is 9.89. The quantitative estimate of drug-likeness (QED) is 0.695. The topological polar surface area (TPSA) is 32.7 Å². The van der Waals surface area contributed by atoms with Crippen LogP contribution in [0.2, 0.25) is 0 Å². The van der Waals surface area contributed by atoms with Gasteiger partial charge in [-0.1, -0.05) is 49.1 Å². The first-order valence-electron chi connectivity index (χ1n) is 11.1. The molecule has 2 heterocycles. The van der Waals surface area contributed by atoms with Gasteiger partial charge in [-0.2, -0.15) is 13.2 Å². The number of aliphatic hydroxyl groups is 1. The lowest BCUT2D eigenvalue weighted by Crippen LogP contribution is -2.46. The predicted octanol–water partition coefficient (Wildman–Crippen LogP) is 5.31. The van der Waals surface area contributed by atoms with E-state index in [-0.39, 0.29) is 0 Å². The molecule has 6 heteroatoms. The highest BCUT2D eigenvalue weighted by atomic mass is 19.4. The van der Waals surface area contributed by atoms with E-state index in [2.05, 4.69) is 18.5 Å². The summed E-state index contributed by atoms with van der Waals surface area (Å²) < 4.78 is 42.5. The summed E-state index contributed by atoms with van der Waals surface area (Å²) >= 11 is 0. The lowest BCUT2D eigenvalue weighted by Gasteiger charge is -2.36. The molecular formula is C26H30F3NO2. The van der Waals surface area contributed by atoms with Crippen molar-refractivity contribution in [3.05, 3.63) is 77.4 Å². The van der Waals surface area contributed by atoms with Gasteiger partial charge < -0.3 is 14.7 Å². The fourth-order valence-electron chi connectivity index (χ4n) is 5.14. The fraction of sp³-hybridized carbons (Fsp3) is 0.462. The van der Waals surface area contributed by atoms with Gasteiger partial charge in [-0.15, -0.1) is 0 Å². The third-order valence-corrected chi connectivity index (χ3v) is 7.01. The van der Waals surface area contributed by atoms with Gasteiger partial charge in [-0.3, -0.25) is 0 Å². The first-order chi connectivity index (χ1) is 15.2. The molecule has 2 aromatic carbocycles. The average molecular weight is 446 g/mol. The Morgan fingerprint density at radius 1 is 1.00 bits per heavy atom. The van der Waals surface area contributed by atoms with Crippen molar-refractivity contribution in [2.75, 3.05) is 33.4 Å². The second-order valence-corrected chi connectivity index (χ2v) is 9.38. The summed E-state index contributed by atoms with van der Waals surface area (Å²) in [6, 6.07) is 13.5. The van der Waals surface area contributed by atoms with E-state index in [1.807, 2.05) is 24.3 Å². The summed E-state index contributed by atoms with van der Waals surface area (Å²) in [6.45, 7) is 6.76. The van der Waals surface area contributed by atoms with Gasteiger partial charge in [0.05, 0.1) is 18.8 Å². The molecule has 0 aromatic heterocycles. The minimum Gasteiger partial charge on any atom is -0.380 e. The number of rotatable bonds is 3. The molecule has 0 radical (unpaired) electrons. The van der Waals surface area contributed by atoms with Crippen LogP contribution in [0.5, 0.6) is 0 Å². The van der Waals surface area contributed by atoms with E-state index in [0.29, 0.717) is 19.1 Å². The van der Waals surface area contributed by atoms with Gasteiger partial charge in [-0.25, -0.2) is 0 Å². The molecule has 32 heavy (non-hydrogen) atoms. The molecular weight excluding hydrogens is 415 g/mol. The zero-order valence-electron chi connectivity index (χ0n) is 18.3. The largest absolute Gasteiger partial charge is 0.416 e. The molecule has 2 aromatic rings. The zero-order valence-corrected chi connectivity index (χ0v) is 18.3. The normalized spacial score (nSPS) is 26.6. The summed E-state index contributed by atoms with van der Waals surface area (Å²) in [5.74, 6) is 1.92. The average Bonchev–Trinajstić information content (AvgIpc) is 3.29. The smallest absolute Gasteiger partial charge is 0.380 e. The second kappa shape index (κ2) is 9.00. The lowest BCUT2D eigenvalue weighted by atomic mass is 9.91. The van der Waals surface area contributed by atoms with E-state index in [1.165, 1.54) is 12.1 Å². The minimum atomic E-state index is -4.23. The number of ether oxygens (including phenoxy) is 1. The van der Waals surface area contributed by atoms with E-state index in [4.69, 9.17) is 4.74 Å². The molecule has 1 N–H and O–H groups in total. The molecule has 2 atom stereocenters. The fourth-order valence-corrected chi connectivity index (χ4v) is 5.14. The summed E-state index contributed by atoms with van der Waals surface area (Å²) in [4.78, 5) is 2.36. The Morgan fingerprint density at radius 2 is 1.56 bits per heavy atom. The number of halogens is 3. The van der Waals surface area contributed by atoms with Crippen LogP contribution in [0.1, 0.15) is 41.0 Å². The van der Waals surface area contributed by atoms with Gasteiger partial charge in [0.1, 0.15) is 5.60 Å². The third kappa shape index (κ3) is 4.92. The lowest BCUT2D eigenvalue weighted by molar-refractivity contribution is -0.184. The van der Waals surface area contributed by atoms with Crippen molar-refractivity contribution >= 4 is 6.08 Å². The van der Waals surface area contributed by atoms with Crippen LogP contribution in [0.25, 0.3) is 6.08 Å². The molecule has 0 bridgehead atoms. The maximum Gasteiger partial charge on any atom is 0.416 e. The van der Waals surface area contributed by atoms with Crippen LogP contribution in [0, 0.1) is 11.8 Å². The third-order valence-electron chi connectivity index (χ3n) is 7.01. The van der Waals surface area contributed by atoms with Crippen LogP contribution in [-0.4, -0.2) is 43.4 Å². The Balaban J connectivity index is 0.000000165. The Morgan fingerprint density at radius 3 is 2.00 bits per heavy atom. The molecule has 1 saturated carbocycles. The Kier molecular flexibility index (Phi) is 6.48. The van der Waals surface area contributed by atoms with Gasteiger partial charge in [-0.05, 0) is 66.5 Å². The van der Waals surface area contributed by atoms with Gasteiger partial charge in [0.2, 0.25) is 0 Å². The van der Waals surface area contributed by atoms with Crippen molar-refractivity contribution in [1.29, 1.82) is 0 Å². The number of nitrogens with zero attached hydrogens (tertiary/aromatic N) is 1. The van der Waals surface area contributed by atoms with E-state index in [9.17, 15) is 18.3 Å². The maximum absolute atomic E-state index is 12.5. The highest BCUT2D eigenvalue weighted by Crippen LogP contribution is 2.46. The zero-order chi connectivity index (χ0) is 22.9. The number of benzene rings is 2. The Bertz CT molecular complexity index is 906. The minimum absolute atomic E-state index is 0.403. The number of fused-ring (bicyclic) bond motifs is 1. The van der Waals surface area contributed by atoms with Crippen LogP contribution < -0.4 is 0 Å². The van der Waals surface area contributed by atoms with Crippen molar-refractivity contribution in [1.82, 2.24) is 4.90 Å². The second-order valence-electron chi connectivity index (χ2n) is 9.38. The highest BCUT2D eigenvalue weighted by Gasteiger charge is 2.40. The number of hydrogen-bond donors (Lipinski definition) is 1. The molecule has 3 fully saturated rings. The van der Waals surface area contributed by atoms with Crippen molar-refractivity contribution in [3.63, 3.8) is 0 Å². The number of likely N-dealkylation sites (tertiary alicyclic amines) is 1. The molecule has 0 spiro atoms. The van der Waals surface area contributed by atoms with Crippen molar-refractivity contribution in [3.8, 4) is 0 Å². The number of alkyl halides is 3. The van der Waals surface area contributed by atoms with Crippen molar-refractivity contribution in [2.45, 2.75) is 30.5 Å². The summed E-state index contributed by atoms with van der Waals surface area (Å²) in [6.07, 6.45) is -0.195. The molecule has 1 aliphatic carbocycles. The summed E-state index contributed by atoms with van der Waals surface area (Å²) in [7, 11) is 2.14. The molecule has 172 valence electrons. The van der Waals surface area contributed by atoms with E-state index in [0.717, 1.165) is 54.5 Å². The van der Waals surface area contributed by atoms with Gasteiger partial charge in [0.15, 0.2) is 0 Å². The van der Waals surface area contributed by atoms with Crippen molar-refractivity contribution in [2.24, 2.45) is 11.8 Å². The van der Waals surface area contributed by atoms with Crippen LogP contribution >= 0.6 is 0 Å². The molecule has 2 unspecified atom stereocenters. The molecule has 3 aliphatic rings. The van der Waals surface area contributed by atoms with E-state index >= 15 is 0 Å². The van der Waals surface area contributed by atoms with Crippen LogP contribution in [0.15, 0.2) is 55.1 Å². The number of hydrogen-bond acceptors (Lipinski definition) is 3. The molecule has 5 rings (SSSR count). The van der Waals surface area contributed by atoms with E-state index in [1.54, 1.807) is 18.2 Å². The maximum atomic E-state index is 12.5. The molecule has 2 aliphatic heterocycles. The predicted molar refractivity (Wildman–Crippen MR) is 119 cm³/mol. The van der Waals surface area contributed by atoms with Gasteiger partial charge >= 0.3 is 6.18 Å². The van der Waals surface area contributed by atoms with Crippen LogP contribution in [0.4, 0.5) is 13.2 Å². The van der Waals surface area contributed by atoms with E-state index < -0.39 is 17.3 Å². The summed E-state index contributed by atoms with van der Waals surface area (Å²) in [5.41, 5.74) is 1.76. The molecule has 0 amide bonds. The Hall–Kier alpha value is -2.15. The molecule has 2 saturated heterocycles. The van der Waals surface area contributed by atoms with Crippen molar-refractivity contribution < 1.29 is 23.0 Å². The highest BCUT2D eigenvalue weighted by molar-refractivity contribution is 5.48. The first-order valence-corrected chi connectivity index (χ1v) is 11.1. The van der Waals surface area contributed by atoms with Crippen LogP contribution in [0.3, 0.4) is 0 Å². The van der Waals surface area contributed by atoms with Crippen LogP contribution in [-0.2, 0) is 16.5 Å².